The Hall–Kier alpha value is -2.66. The number of ketones is 1. The first-order valence-corrected chi connectivity index (χ1v) is 10.1. The fourth-order valence-corrected chi connectivity index (χ4v) is 3.56. The molecular formula is C23H29N2O3+. The first kappa shape index (κ1) is 20.1. The lowest BCUT2D eigenvalue weighted by Gasteiger charge is -2.15. The predicted molar refractivity (Wildman–Crippen MR) is 108 cm³/mol. The van der Waals surface area contributed by atoms with Gasteiger partial charge in [-0.05, 0) is 29.8 Å². The SMILES string of the molecule is CCC(=O)c1ccc(OCC(=O)NCc2ccccc2C[NH+]2CCCC2)cc1. The van der Waals surface area contributed by atoms with E-state index in [4.69, 9.17) is 4.74 Å². The molecule has 1 aliphatic rings. The quantitative estimate of drug-likeness (QED) is 0.655. The van der Waals surface area contributed by atoms with Gasteiger partial charge in [-0.15, -0.1) is 0 Å². The molecule has 2 N–H and O–H groups in total. The summed E-state index contributed by atoms with van der Waals surface area (Å²) in [5.41, 5.74) is 3.13. The molecule has 1 aliphatic heterocycles. The summed E-state index contributed by atoms with van der Waals surface area (Å²) in [5.74, 6) is 0.525. The van der Waals surface area contributed by atoms with E-state index in [0.717, 1.165) is 12.1 Å². The third-order valence-electron chi connectivity index (χ3n) is 5.21. The van der Waals surface area contributed by atoms with Gasteiger partial charge in [0, 0.05) is 36.9 Å². The smallest absolute Gasteiger partial charge is 0.258 e. The van der Waals surface area contributed by atoms with Gasteiger partial charge in [0.2, 0.25) is 0 Å². The van der Waals surface area contributed by atoms with E-state index in [1.807, 2.05) is 13.0 Å². The molecule has 2 aromatic rings. The van der Waals surface area contributed by atoms with Gasteiger partial charge >= 0.3 is 0 Å². The number of Topliss-reactive ketones (excluding diaryl/α,β-unsaturated/α-hetero) is 1. The highest BCUT2D eigenvalue weighted by atomic mass is 16.5. The molecule has 3 rings (SSSR count). The highest BCUT2D eigenvalue weighted by Crippen LogP contribution is 2.13. The summed E-state index contributed by atoms with van der Waals surface area (Å²) in [5, 5.41) is 2.95. The van der Waals surface area contributed by atoms with Gasteiger partial charge in [-0.1, -0.05) is 31.2 Å². The summed E-state index contributed by atoms with van der Waals surface area (Å²) in [6.45, 7) is 5.79. The Kier molecular flexibility index (Phi) is 7.20. The molecular weight excluding hydrogens is 352 g/mol. The van der Waals surface area contributed by atoms with Gasteiger partial charge in [-0.2, -0.15) is 0 Å². The second-order valence-corrected chi connectivity index (χ2v) is 7.27. The molecule has 0 radical (unpaired) electrons. The van der Waals surface area contributed by atoms with Crippen molar-refractivity contribution in [2.24, 2.45) is 0 Å². The number of nitrogens with one attached hydrogen (secondary N) is 2. The van der Waals surface area contributed by atoms with Gasteiger partial charge in [0.15, 0.2) is 12.4 Å². The van der Waals surface area contributed by atoms with Crippen LogP contribution in [0.5, 0.6) is 5.75 Å². The van der Waals surface area contributed by atoms with Crippen LogP contribution >= 0.6 is 0 Å². The van der Waals surface area contributed by atoms with Crippen molar-refractivity contribution in [3.8, 4) is 5.75 Å². The van der Waals surface area contributed by atoms with Crippen LogP contribution in [0.15, 0.2) is 48.5 Å². The summed E-state index contributed by atoms with van der Waals surface area (Å²) in [6, 6.07) is 15.2. The third-order valence-corrected chi connectivity index (χ3v) is 5.21. The highest BCUT2D eigenvalue weighted by molar-refractivity contribution is 5.95. The maximum absolute atomic E-state index is 12.2. The molecule has 148 valence electrons. The number of ether oxygens (including phenoxy) is 1. The van der Waals surface area contributed by atoms with E-state index >= 15 is 0 Å². The molecule has 0 spiro atoms. The highest BCUT2D eigenvalue weighted by Gasteiger charge is 2.17. The van der Waals surface area contributed by atoms with Crippen LogP contribution in [0.3, 0.4) is 0 Å². The second kappa shape index (κ2) is 10.0. The van der Waals surface area contributed by atoms with Crippen LogP contribution in [0.2, 0.25) is 0 Å². The fraction of sp³-hybridized carbons (Fsp3) is 0.391. The van der Waals surface area contributed by atoms with Gasteiger partial charge in [0.1, 0.15) is 12.3 Å². The molecule has 5 heteroatoms. The van der Waals surface area contributed by atoms with Crippen molar-refractivity contribution in [1.82, 2.24) is 5.32 Å². The number of quaternary nitrogens is 1. The average molecular weight is 381 g/mol. The molecule has 0 unspecified atom stereocenters. The lowest BCUT2D eigenvalue weighted by atomic mass is 10.1. The first-order chi connectivity index (χ1) is 13.7. The van der Waals surface area contributed by atoms with Crippen LogP contribution in [0.1, 0.15) is 47.7 Å². The number of rotatable bonds is 9. The van der Waals surface area contributed by atoms with E-state index in [1.165, 1.54) is 31.5 Å². The van der Waals surface area contributed by atoms with Crippen molar-refractivity contribution in [3.63, 3.8) is 0 Å². The Morgan fingerprint density at radius 3 is 2.36 bits per heavy atom. The molecule has 1 fully saturated rings. The Morgan fingerprint density at radius 1 is 1.00 bits per heavy atom. The van der Waals surface area contributed by atoms with E-state index in [-0.39, 0.29) is 18.3 Å². The normalized spacial score (nSPS) is 14.0. The largest absolute Gasteiger partial charge is 0.484 e. The molecule has 1 heterocycles. The molecule has 0 bridgehead atoms. The monoisotopic (exact) mass is 381 g/mol. The van der Waals surface area contributed by atoms with Crippen LogP contribution in [0, 0.1) is 0 Å². The Bertz CT molecular complexity index is 796. The van der Waals surface area contributed by atoms with Crippen LogP contribution in [-0.4, -0.2) is 31.4 Å². The molecule has 0 aliphatic carbocycles. The van der Waals surface area contributed by atoms with E-state index in [0.29, 0.717) is 24.3 Å². The number of carbonyl (C=O) groups excluding carboxylic acids is 2. The molecule has 1 amide bonds. The Labute approximate surface area is 166 Å². The lowest BCUT2D eigenvalue weighted by Crippen LogP contribution is -3.08. The minimum absolute atomic E-state index is 0.0411. The summed E-state index contributed by atoms with van der Waals surface area (Å²) in [4.78, 5) is 25.4. The summed E-state index contributed by atoms with van der Waals surface area (Å²) < 4.78 is 5.53. The van der Waals surface area contributed by atoms with Crippen molar-refractivity contribution < 1.29 is 19.2 Å². The summed E-state index contributed by atoms with van der Waals surface area (Å²) in [6.07, 6.45) is 3.08. The fourth-order valence-electron chi connectivity index (χ4n) is 3.56. The second-order valence-electron chi connectivity index (χ2n) is 7.27. The van der Waals surface area contributed by atoms with E-state index < -0.39 is 0 Å². The maximum Gasteiger partial charge on any atom is 0.258 e. The predicted octanol–water partition coefficient (Wildman–Crippen LogP) is 2.15. The minimum Gasteiger partial charge on any atom is -0.484 e. The average Bonchev–Trinajstić information content (AvgIpc) is 3.24. The summed E-state index contributed by atoms with van der Waals surface area (Å²) >= 11 is 0. The third kappa shape index (κ3) is 5.67. The molecule has 1 saturated heterocycles. The van der Waals surface area contributed by atoms with Crippen LogP contribution < -0.4 is 15.0 Å². The Morgan fingerprint density at radius 2 is 1.68 bits per heavy atom. The molecule has 28 heavy (non-hydrogen) atoms. The zero-order valence-electron chi connectivity index (χ0n) is 16.5. The van der Waals surface area contributed by atoms with Gasteiger partial charge in [-0.3, -0.25) is 9.59 Å². The van der Waals surface area contributed by atoms with Crippen molar-refractivity contribution >= 4 is 11.7 Å². The molecule has 0 saturated carbocycles. The van der Waals surface area contributed by atoms with Crippen molar-refractivity contribution in [3.05, 3.63) is 65.2 Å². The number of amides is 1. The van der Waals surface area contributed by atoms with E-state index in [9.17, 15) is 9.59 Å². The first-order valence-electron chi connectivity index (χ1n) is 10.1. The standard InChI is InChI=1S/C23H28N2O3/c1-2-22(26)18-9-11-21(12-10-18)28-17-23(27)24-15-19-7-3-4-8-20(19)16-25-13-5-6-14-25/h3-4,7-12H,2,5-6,13-17H2,1H3,(H,24,27)/p+1. The van der Waals surface area contributed by atoms with Crippen molar-refractivity contribution in [1.29, 1.82) is 0 Å². The van der Waals surface area contributed by atoms with Gasteiger partial charge in [0.25, 0.3) is 5.91 Å². The Balaban J connectivity index is 1.47. The number of hydrogen-bond acceptors (Lipinski definition) is 3. The zero-order valence-corrected chi connectivity index (χ0v) is 16.5. The lowest BCUT2D eigenvalue weighted by molar-refractivity contribution is -0.901. The number of benzene rings is 2. The molecule has 0 aromatic heterocycles. The van der Waals surface area contributed by atoms with Crippen molar-refractivity contribution in [2.45, 2.75) is 39.3 Å². The van der Waals surface area contributed by atoms with Crippen LogP contribution in [-0.2, 0) is 17.9 Å². The minimum atomic E-state index is -0.156. The topological polar surface area (TPSA) is 59.8 Å². The van der Waals surface area contributed by atoms with Crippen LogP contribution in [0.25, 0.3) is 0 Å². The molecule has 2 aromatic carbocycles. The van der Waals surface area contributed by atoms with Crippen molar-refractivity contribution in [2.75, 3.05) is 19.7 Å². The maximum atomic E-state index is 12.2. The van der Waals surface area contributed by atoms with E-state index in [2.05, 4.69) is 23.5 Å². The van der Waals surface area contributed by atoms with Gasteiger partial charge in [0.05, 0.1) is 13.1 Å². The van der Waals surface area contributed by atoms with Gasteiger partial charge in [-0.25, -0.2) is 0 Å². The number of hydrogen-bond donors (Lipinski definition) is 2. The van der Waals surface area contributed by atoms with Gasteiger partial charge < -0.3 is 15.0 Å². The molecule has 5 nitrogen and oxygen atoms in total. The number of likely N-dealkylation sites (tertiary alicyclic amines) is 1. The number of carbonyl (C=O) groups is 2. The van der Waals surface area contributed by atoms with Crippen LogP contribution in [0.4, 0.5) is 0 Å². The summed E-state index contributed by atoms with van der Waals surface area (Å²) in [7, 11) is 0. The zero-order chi connectivity index (χ0) is 19.8. The van der Waals surface area contributed by atoms with E-state index in [1.54, 1.807) is 29.2 Å². The molecule has 0 atom stereocenters.